The molecule has 1 amide bonds. The van der Waals surface area contributed by atoms with Crippen molar-refractivity contribution >= 4 is 28.1 Å². The van der Waals surface area contributed by atoms with Crippen LogP contribution < -0.4 is 5.43 Å². The second kappa shape index (κ2) is 6.85. The summed E-state index contributed by atoms with van der Waals surface area (Å²) in [5.74, 6) is -0.310. The van der Waals surface area contributed by atoms with Gasteiger partial charge in [0.05, 0.1) is 16.9 Å². The molecule has 0 unspecified atom stereocenters. The highest BCUT2D eigenvalue weighted by Gasteiger charge is 2.10. The third kappa shape index (κ3) is 3.57. The van der Waals surface area contributed by atoms with Gasteiger partial charge >= 0.3 is 0 Å². The molecule has 0 atom stereocenters. The molecule has 6 nitrogen and oxygen atoms in total. The van der Waals surface area contributed by atoms with E-state index in [0.29, 0.717) is 16.5 Å². The topological polar surface area (TPSA) is 90.4 Å². The van der Waals surface area contributed by atoms with E-state index in [9.17, 15) is 9.90 Å². The summed E-state index contributed by atoms with van der Waals surface area (Å²) < 4.78 is 0.547. The highest BCUT2D eigenvalue weighted by atomic mass is 79.9. The van der Waals surface area contributed by atoms with Gasteiger partial charge in [0.1, 0.15) is 11.4 Å². The summed E-state index contributed by atoms with van der Waals surface area (Å²) in [5, 5.41) is 20.1. The number of carbonyl (C=O) groups excluding carboxylic acids is 1. The second-order valence-corrected chi connectivity index (χ2v) is 4.99. The van der Waals surface area contributed by atoms with Crippen molar-refractivity contribution in [3.05, 3.63) is 58.3 Å². The van der Waals surface area contributed by atoms with E-state index in [1.165, 1.54) is 12.4 Å². The third-order valence-electron chi connectivity index (χ3n) is 2.70. The third-order valence-corrected chi connectivity index (χ3v) is 3.31. The molecule has 0 bridgehead atoms. The number of benzene rings is 1. The van der Waals surface area contributed by atoms with E-state index in [1.54, 1.807) is 24.3 Å². The standard InChI is InChI=1S/C14H13BrN4O2/c1-2-4-9-5-3-6-10(13(9)20)7-16-19-14(21)12-11(15)8-17-18-12/h2-3,5-8,20H,1,4H2,(H,17,18)(H,19,21). The molecule has 2 rings (SSSR count). The molecular formula is C14H13BrN4O2. The van der Waals surface area contributed by atoms with Crippen LogP contribution in [0.2, 0.25) is 0 Å². The molecule has 1 aromatic carbocycles. The molecule has 3 N–H and O–H groups in total. The minimum absolute atomic E-state index is 0.123. The highest BCUT2D eigenvalue weighted by molar-refractivity contribution is 9.10. The average molecular weight is 349 g/mol. The number of aromatic nitrogens is 2. The summed E-state index contributed by atoms with van der Waals surface area (Å²) in [6.07, 6.45) is 5.11. The SMILES string of the molecule is C=CCc1cccc(C=NNC(=O)c2[nH]ncc2Br)c1O. The molecule has 108 valence electrons. The fourth-order valence-electron chi connectivity index (χ4n) is 1.68. The summed E-state index contributed by atoms with van der Waals surface area (Å²) >= 11 is 3.19. The number of nitrogens with one attached hydrogen (secondary N) is 2. The van der Waals surface area contributed by atoms with Gasteiger partial charge in [0.15, 0.2) is 0 Å². The number of halogens is 1. The monoisotopic (exact) mass is 348 g/mol. The molecule has 0 aliphatic heterocycles. The van der Waals surface area contributed by atoms with Gasteiger partial charge in [-0.05, 0) is 34.0 Å². The van der Waals surface area contributed by atoms with Crippen molar-refractivity contribution in [1.82, 2.24) is 15.6 Å². The van der Waals surface area contributed by atoms with Crippen molar-refractivity contribution in [2.75, 3.05) is 0 Å². The Morgan fingerprint density at radius 1 is 1.57 bits per heavy atom. The van der Waals surface area contributed by atoms with Crippen LogP contribution >= 0.6 is 15.9 Å². The maximum Gasteiger partial charge on any atom is 0.290 e. The lowest BCUT2D eigenvalue weighted by Crippen LogP contribution is -2.18. The smallest absolute Gasteiger partial charge is 0.290 e. The maximum atomic E-state index is 11.8. The Bertz CT molecular complexity index is 694. The Kier molecular flexibility index (Phi) is 4.89. The number of carbonyl (C=O) groups is 1. The van der Waals surface area contributed by atoms with Gasteiger partial charge in [-0.1, -0.05) is 18.2 Å². The molecule has 0 radical (unpaired) electrons. The maximum absolute atomic E-state index is 11.8. The molecule has 0 fully saturated rings. The van der Waals surface area contributed by atoms with E-state index in [1.807, 2.05) is 0 Å². The zero-order valence-electron chi connectivity index (χ0n) is 11.0. The average Bonchev–Trinajstić information content (AvgIpc) is 2.89. The Morgan fingerprint density at radius 3 is 3.05 bits per heavy atom. The Hall–Kier alpha value is -2.41. The number of phenolic OH excluding ortho intramolecular Hbond substituents is 1. The molecule has 7 heteroatoms. The van der Waals surface area contributed by atoms with Crippen molar-refractivity contribution < 1.29 is 9.90 Å². The minimum Gasteiger partial charge on any atom is -0.507 e. The first-order valence-corrected chi connectivity index (χ1v) is 6.86. The molecule has 1 aromatic heterocycles. The highest BCUT2D eigenvalue weighted by Crippen LogP contribution is 2.21. The molecule has 0 saturated heterocycles. The van der Waals surface area contributed by atoms with E-state index in [-0.39, 0.29) is 11.4 Å². The van der Waals surface area contributed by atoms with Crippen molar-refractivity contribution in [2.24, 2.45) is 5.10 Å². The summed E-state index contributed by atoms with van der Waals surface area (Å²) in [4.78, 5) is 11.8. The van der Waals surface area contributed by atoms with Crippen LogP contribution in [0.4, 0.5) is 0 Å². The van der Waals surface area contributed by atoms with E-state index in [2.05, 4.69) is 43.2 Å². The zero-order chi connectivity index (χ0) is 15.2. The van der Waals surface area contributed by atoms with Gasteiger partial charge in [0.2, 0.25) is 0 Å². The Morgan fingerprint density at radius 2 is 2.38 bits per heavy atom. The van der Waals surface area contributed by atoms with Gasteiger partial charge in [0, 0.05) is 5.56 Å². The van der Waals surface area contributed by atoms with E-state index in [4.69, 9.17) is 0 Å². The quantitative estimate of drug-likeness (QED) is 0.440. The van der Waals surface area contributed by atoms with Crippen LogP contribution in [0.25, 0.3) is 0 Å². The molecular weight excluding hydrogens is 336 g/mol. The lowest BCUT2D eigenvalue weighted by Gasteiger charge is -2.04. The van der Waals surface area contributed by atoms with Gasteiger partial charge in [-0.2, -0.15) is 10.2 Å². The summed E-state index contributed by atoms with van der Waals surface area (Å²) in [6.45, 7) is 3.63. The molecule has 0 aliphatic carbocycles. The largest absolute Gasteiger partial charge is 0.507 e. The molecule has 2 aromatic rings. The summed E-state index contributed by atoms with van der Waals surface area (Å²) in [5.41, 5.74) is 3.89. The van der Waals surface area contributed by atoms with E-state index >= 15 is 0 Å². The first-order chi connectivity index (χ1) is 10.1. The minimum atomic E-state index is -0.433. The van der Waals surface area contributed by atoms with E-state index < -0.39 is 5.91 Å². The number of hydrazone groups is 1. The first-order valence-electron chi connectivity index (χ1n) is 6.07. The molecule has 1 heterocycles. The van der Waals surface area contributed by atoms with Crippen molar-refractivity contribution in [3.8, 4) is 5.75 Å². The van der Waals surface area contributed by atoms with Gasteiger partial charge in [-0.25, -0.2) is 5.43 Å². The number of nitrogens with zero attached hydrogens (tertiary/aromatic N) is 2. The molecule has 0 spiro atoms. The van der Waals surface area contributed by atoms with Gasteiger partial charge in [-0.3, -0.25) is 9.89 Å². The lowest BCUT2D eigenvalue weighted by molar-refractivity contribution is 0.0949. The molecule has 0 aliphatic rings. The number of amides is 1. The fraction of sp³-hybridized carbons (Fsp3) is 0.0714. The van der Waals surface area contributed by atoms with Crippen LogP contribution in [-0.2, 0) is 6.42 Å². The zero-order valence-corrected chi connectivity index (χ0v) is 12.6. The first kappa shape index (κ1) is 15.0. The predicted molar refractivity (Wildman–Crippen MR) is 83.4 cm³/mol. The van der Waals surface area contributed by atoms with Crippen molar-refractivity contribution in [2.45, 2.75) is 6.42 Å². The number of aromatic amines is 1. The normalized spacial score (nSPS) is 10.7. The van der Waals surface area contributed by atoms with Crippen LogP contribution in [0.1, 0.15) is 21.6 Å². The van der Waals surface area contributed by atoms with Gasteiger partial charge in [-0.15, -0.1) is 6.58 Å². The van der Waals surface area contributed by atoms with Crippen molar-refractivity contribution in [1.29, 1.82) is 0 Å². The molecule has 0 saturated carbocycles. The number of hydrogen-bond donors (Lipinski definition) is 3. The van der Waals surface area contributed by atoms with Crippen LogP contribution in [0, 0.1) is 0 Å². The van der Waals surface area contributed by atoms with Crippen LogP contribution in [-0.4, -0.2) is 27.4 Å². The number of hydrogen-bond acceptors (Lipinski definition) is 4. The Labute approximate surface area is 129 Å². The number of rotatable bonds is 5. The second-order valence-electron chi connectivity index (χ2n) is 4.14. The van der Waals surface area contributed by atoms with Crippen LogP contribution in [0.15, 0.2) is 46.6 Å². The Balaban J connectivity index is 2.08. The van der Waals surface area contributed by atoms with E-state index in [0.717, 1.165) is 5.56 Å². The molecule has 21 heavy (non-hydrogen) atoms. The number of aromatic hydroxyl groups is 1. The number of H-pyrrole nitrogens is 1. The number of phenols is 1. The van der Waals surface area contributed by atoms with Gasteiger partial charge < -0.3 is 5.11 Å². The number of para-hydroxylation sites is 1. The number of allylic oxidation sites excluding steroid dienone is 1. The van der Waals surface area contributed by atoms with Crippen LogP contribution in [0.5, 0.6) is 5.75 Å². The summed E-state index contributed by atoms with van der Waals surface area (Å²) in [6, 6.07) is 5.30. The van der Waals surface area contributed by atoms with Gasteiger partial charge in [0.25, 0.3) is 5.91 Å². The van der Waals surface area contributed by atoms with Crippen LogP contribution in [0.3, 0.4) is 0 Å². The lowest BCUT2D eigenvalue weighted by atomic mass is 10.1. The predicted octanol–water partition coefficient (Wildman–Crippen LogP) is 2.37. The fourth-order valence-corrected chi connectivity index (χ4v) is 2.05. The van der Waals surface area contributed by atoms with Crippen molar-refractivity contribution in [3.63, 3.8) is 0 Å². The summed E-state index contributed by atoms with van der Waals surface area (Å²) in [7, 11) is 0.